The van der Waals surface area contributed by atoms with Gasteiger partial charge in [-0.25, -0.2) is 10.4 Å². The summed E-state index contributed by atoms with van der Waals surface area (Å²) < 4.78 is 1.60. The van der Waals surface area contributed by atoms with E-state index in [9.17, 15) is 4.79 Å². The minimum Gasteiger partial charge on any atom is -0.363 e. The van der Waals surface area contributed by atoms with Crippen molar-refractivity contribution >= 4 is 39.4 Å². The minimum absolute atomic E-state index is 0.0516. The van der Waals surface area contributed by atoms with Crippen molar-refractivity contribution in [2.75, 3.05) is 23.4 Å². The number of piperidine rings is 1. The molecule has 3 aromatic rings. The van der Waals surface area contributed by atoms with Crippen molar-refractivity contribution in [2.45, 2.75) is 32.7 Å². The van der Waals surface area contributed by atoms with Crippen molar-refractivity contribution in [1.82, 2.24) is 9.55 Å². The lowest BCUT2D eigenvalue weighted by Gasteiger charge is -2.27. The fourth-order valence-electron chi connectivity index (χ4n) is 3.40. The SMILES string of the molecule is CCn1c(N/N=C\c2ccc(N3CCCCC3)s2)nc2ccccc2c1=O. The molecule has 0 saturated carbocycles. The Balaban J connectivity index is 1.53. The number of rotatable bonds is 5. The number of fused-ring (bicyclic) bond motifs is 1. The van der Waals surface area contributed by atoms with Gasteiger partial charge in [0.05, 0.1) is 22.1 Å². The van der Waals surface area contributed by atoms with Gasteiger partial charge in [-0.15, -0.1) is 11.3 Å². The molecule has 0 spiro atoms. The Morgan fingerprint density at radius 1 is 1.19 bits per heavy atom. The summed E-state index contributed by atoms with van der Waals surface area (Å²) in [6.45, 7) is 4.74. The molecule has 1 aliphatic heterocycles. The second-order valence-corrected chi connectivity index (χ2v) is 7.69. The number of para-hydroxylation sites is 1. The number of nitrogens with one attached hydrogen (secondary N) is 1. The van der Waals surface area contributed by atoms with Crippen LogP contribution in [0.15, 0.2) is 46.3 Å². The summed E-state index contributed by atoms with van der Waals surface area (Å²) >= 11 is 1.74. The van der Waals surface area contributed by atoms with E-state index in [0.717, 1.165) is 18.0 Å². The van der Waals surface area contributed by atoms with Crippen LogP contribution >= 0.6 is 11.3 Å². The van der Waals surface area contributed by atoms with Gasteiger partial charge in [0, 0.05) is 24.5 Å². The van der Waals surface area contributed by atoms with Gasteiger partial charge in [0.2, 0.25) is 5.95 Å². The van der Waals surface area contributed by atoms with Gasteiger partial charge in [0.15, 0.2) is 0 Å². The van der Waals surface area contributed by atoms with Crippen molar-refractivity contribution in [3.63, 3.8) is 0 Å². The zero-order valence-electron chi connectivity index (χ0n) is 15.4. The molecule has 0 bridgehead atoms. The van der Waals surface area contributed by atoms with Crippen LogP contribution in [0.3, 0.4) is 0 Å². The summed E-state index contributed by atoms with van der Waals surface area (Å²) in [5.41, 5.74) is 3.57. The third kappa shape index (κ3) is 3.73. The Hall–Kier alpha value is -2.67. The van der Waals surface area contributed by atoms with E-state index in [1.807, 2.05) is 25.1 Å². The lowest BCUT2D eigenvalue weighted by Crippen LogP contribution is -2.28. The molecule has 0 atom stereocenters. The van der Waals surface area contributed by atoms with Gasteiger partial charge >= 0.3 is 0 Å². The van der Waals surface area contributed by atoms with Crippen molar-refractivity contribution in [3.8, 4) is 0 Å². The lowest BCUT2D eigenvalue weighted by atomic mass is 10.1. The van der Waals surface area contributed by atoms with Gasteiger partial charge < -0.3 is 4.90 Å². The third-order valence-corrected chi connectivity index (χ3v) is 5.90. The highest BCUT2D eigenvalue weighted by molar-refractivity contribution is 7.17. The highest BCUT2D eigenvalue weighted by Gasteiger charge is 2.12. The molecule has 0 radical (unpaired) electrons. The maximum atomic E-state index is 12.6. The fraction of sp³-hybridized carbons (Fsp3) is 0.350. The second-order valence-electron chi connectivity index (χ2n) is 6.60. The molecule has 0 amide bonds. The summed E-state index contributed by atoms with van der Waals surface area (Å²) in [5, 5.41) is 6.24. The molecule has 1 fully saturated rings. The first-order chi connectivity index (χ1) is 13.3. The van der Waals surface area contributed by atoms with Crippen LogP contribution < -0.4 is 15.9 Å². The lowest BCUT2D eigenvalue weighted by molar-refractivity contribution is 0.580. The van der Waals surface area contributed by atoms with Crippen LogP contribution in [0, 0.1) is 0 Å². The van der Waals surface area contributed by atoms with Gasteiger partial charge in [0.25, 0.3) is 5.56 Å². The van der Waals surface area contributed by atoms with Gasteiger partial charge in [-0.2, -0.15) is 5.10 Å². The fourth-order valence-corrected chi connectivity index (χ4v) is 4.33. The van der Waals surface area contributed by atoms with Crippen LogP contribution in [-0.2, 0) is 6.54 Å². The van der Waals surface area contributed by atoms with E-state index < -0.39 is 0 Å². The largest absolute Gasteiger partial charge is 0.363 e. The number of hydrazone groups is 1. The van der Waals surface area contributed by atoms with Gasteiger partial charge in [0.1, 0.15) is 0 Å². The number of hydrogen-bond donors (Lipinski definition) is 1. The first-order valence-corrected chi connectivity index (χ1v) is 10.2. The number of nitrogens with zero attached hydrogens (tertiary/aromatic N) is 4. The number of thiophene rings is 1. The molecule has 4 rings (SSSR count). The quantitative estimate of drug-likeness (QED) is 0.538. The molecule has 1 aliphatic rings. The molecule has 1 aromatic carbocycles. The number of benzene rings is 1. The molecule has 0 unspecified atom stereocenters. The van der Waals surface area contributed by atoms with Gasteiger partial charge in [-0.3, -0.25) is 9.36 Å². The Morgan fingerprint density at radius 2 is 2.00 bits per heavy atom. The molecular weight excluding hydrogens is 358 g/mol. The van der Waals surface area contributed by atoms with E-state index in [2.05, 4.69) is 32.5 Å². The molecule has 2 aromatic heterocycles. The average Bonchev–Trinajstić information content (AvgIpc) is 3.18. The van der Waals surface area contributed by atoms with Crippen LogP contribution in [0.4, 0.5) is 10.9 Å². The smallest absolute Gasteiger partial charge is 0.262 e. The minimum atomic E-state index is -0.0516. The molecule has 140 valence electrons. The van der Waals surface area contributed by atoms with E-state index in [0.29, 0.717) is 23.4 Å². The number of aromatic nitrogens is 2. The monoisotopic (exact) mass is 381 g/mol. The standard InChI is InChI=1S/C20H23N5OS/c1-2-25-19(26)16-8-4-5-9-17(16)22-20(25)23-21-14-15-10-11-18(27-15)24-12-6-3-7-13-24/h4-5,8-11,14H,2-3,6-7,12-13H2,1H3,(H,22,23)/b21-14-. The van der Waals surface area contributed by atoms with E-state index in [-0.39, 0.29) is 5.56 Å². The molecule has 6 nitrogen and oxygen atoms in total. The number of hydrogen-bond acceptors (Lipinski definition) is 6. The Labute approximate surface area is 162 Å². The maximum Gasteiger partial charge on any atom is 0.262 e. The van der Waals surface area contributed by atoms with Crippen LogP contribution in [0.2, 0.25) is 0 Å². The van der Waals surface area contributed by atoms with Crippen LogP contribution in [0.25, 0.3) is 10.9 Å². The highest BCUT2D eigenvalue weighted by atomic mass is 32.1. The third-order valence-electron chi connectivity index (χ3n) is 4.81. The molecule has 7 heteroatoms. The van der Waals surface area contributed by atoms with Crippen LogP contribution in [0.5, 0.6) is 0 Å². The molecule has 27 heavy (non-hydrogen) atoms. The summed E-state index contributed by atoms with van der Waals surface area (Å²) in [6.07, 6.45) is 5.66. The van der Waals surface area contributed by atoms with Crippen molar-refractivity contribution in [1.29, 1.82) is 0 Å². The van der Waals surface area contributed by atoms with Crippen LogP contribution in [0.1, 0.15) is 31.1 Å². The van der Waals surface area contributed by atoms with E-state index in [1.165, 1.54) is 24.3 Å². The number of anilines is 2. The zero-order valence-corrected chi connectivity index (χ0v) is 16.2. The summed E-state index contributed by atoms with van der Waals surface area (Å²) in [5.74, 6) is 0.463. The predicted molar refractivity (Wildman–Crippen MR) is 113 cm³/mol. The predicted octanol–water partition coefficient (Wildman–Crippen LogP) is 3.91. The van der Waals surface area contributed by atoms with Crippen molar-refractivity contribution in [2.24, 2.45) is 5.10 Å². The Morgan fingerprint density at radius 3 is 2.81 bits per heavy atom. The van der Waals surface area contributed by atoms with Crippen molar-refractivity contribution < 1.29 is 0 Å². The normalized spacial score (nSPS) is 14.9. The first kappa shape index (κ1) is 17.7. The topological polar surface area (TPSA) is 62.5 Å². The maximum absolute atomic E-state index is 12.6. The first-order valence-electron chi connectivity index (χ1n) is 9.39. The van der Waals surface area contributed by atoms with E-state index in [4.69, 9.17) is 0 Å². The van der Waals surface area contributed by atoms with Gasteiger partial charge in [-0.1, -0.05) is 12.1 Å². The van der Waals surface area contributed by atoms with Crippen molar-refractivity contribution in [3.05, 3.63) is 51.6 Å². The zero-order chi connectivity index (χ0) is 18.6. The van der Waals surface area contributed by atoms with E-state index >= 15 is 0 Å². The molecule has 0 aliphatic carbocycles. The van der Waals surface area contributed by atoms with E-state index in [1.54, 1.807) is 28.2 Å². The van der Waals surface area contributed by atoms with Gasteiger partial charge in [-0.05, 0) is 50.5 Å². The average molecular weight is 382 g/mol. The molecule has 1 N–H and O–H groups in total. The summed E-state index contributed by atoms with van der Waals surface area (Å²) in [7, 11) is 0. The molecule has 1 saturated heterocycles. The Bertz CT molecular complexity index is 1020. The molecule has 3 heterocycles. The summed E-state index contributed by atoms with van der Waals surface area (Å²) in [6, 6.07) is 11.6. The highest BCUT2D eigenvalue weighted by Crippen LogP contribution is 2.27. The second kappa shape index (κ2) is 7.92. The van der Waals surface area contributed by atoms with Crippen LogP contribution in [-0.4, -0.2) is 28.9 Å². The summed E-state index contributed by atoms with van der Waals surface area (Å²) in [4.78, 5) is 20.7. The molecular formula is C20H23N5OS. The Kier molecular flexibility index (Phi) is 5.20.